The van der Waals surface area contributed by atoms with E-state index in [-0.39, 0.29) is 38.8 Å². The van der Waals surface area contributed by atoms with E-state index in [0.29, 0.717) is 12.1 Å². The van der Waals surface area contributed by atoms with Crippen LogP contribution in [-0.2, 0) is 0 Å². The van der Waals surface area contributed by atoms with Crippen molar-refractivity contribution in [2.45, 2.75) is 45.2 Å². The number of hydrogen-bond donors (Lipinski definition) is 1. The van der Waals surface area contributed by atoms with Crippen LogP contribution in [0.1, 0.15) is 56.3 Å². The van der Waals surface area contributed by atoms with Crippen LogP contribution in [0, 0.1) is 7.43 Å². The Bertz CT molecular complexity index is 560. The second kappa shape index (κ2) is 18.0. The van der Waals surface area contributed by atoms with Crippen molar-refractivity contribution in [2.75, 3.05) is 27.2 Å². The van der Waals surface area contributed by atoms with E-state index in [1.165, 1.54) is 49.9 Å². The van der Waals surface area contributed by atoms with Crippen molar-refractivity contribution >= 4 is 61.2 Å². The molecular weight excluding hydrogens is 701 g/mol. The fraction of sp³-hybridized carbons (Fsp3) is 0.500. The van der Waals surface area contributed by atoms with Crippen LogP contribution >= 0.6 is 61.2 Å². The third-order valence-corrected chi connectivity index (χ3v) is 5.34. The maximum Gasteiger partial charge on any atom is 0.115 e. The van der Waals surface area contributed by atoms with Gasteiger partial charge in [-0.2, -0.15) is 0 Å². The molecule has 0 bridgehead atoms. The Hall–Kier alpha value is 0.410. The van der Waals surface area contributed by atoms with Crippen LogP contribution in [0.2, 0.25) is 0 Å². The van der Waals surface area contributed by atoms with E-state index in [1.807, 2.05) is 36.9 Å². The largest absolute Gasteiger partial charge is 0.358 e. The minimum absolute atomic E-state index is 0. The lowest BCUT2D eigenvalue weighted by Crippen LogP contribution is -3.07. The molecule has 0 saturated carbocycles. The van der Waals surface area contributed by atoms with E-state index < -0.39 is 0 Å². The van der Waals surface area contributed by atoms with Crippen molar-refractivity contribution in [3.8, 4) is 0 Å². The number of pyridine rings is 2. The van der Waals surface area contributed by atoms with E-state index in [9.17, 15) is 0 Å². The molecule has 29 heavy (non-hydrogen) atoms. The van der Waals surface area contributed by atoms with Crippen molar-refractivity contribution in [1.82, 2.24) is 14.9 Å². The first-order valence-electron chi connectivity index (χ1n) is 9.22. The Morgan fingerprint density at radius 3 is 2.00 bits per heavy atom. The van der Waals surface area contributed by atoms with Gasteiger partial charge in [0, 0.05) is 86.5 Å². The zero-order valence-electron chi connectivity index (χ0n) is 17.0. The summed E-state index contributed by atoms with van der Waals surface area (Å²) < 4.78 is 0. The summed E-state index contributed by atoms with van der Waals surface area (Å²) in [5.41, 5.74) is 2.75. The molecule has 2 unspecified atom stereocenters. The molecule has 0 amide bonds. The molecule has 0 spiro atoms. The molecule has 0 aromatic carbocycles. The zero-order chi connectivity index (χ0) is 18.8. The lowest BCUT2D eigenvalue weighted by molar-refractivity contribution is -0.898. The minimum atomic E-state index is 0. The number of halogens is 3. The molecule has 4 rings (SSSR count). The fourth-order valence-corrected chi connectivity index (χ4v) is 3.94. The van der Waals surface area contributed by atoms with Gasteiger partial charge < -0.3 is 12.3 Å². The van der Waals surface area contributed by atoms with Crippen LogP contribution in [0.15, 0.2) is 49.1 Å². The Morgan fingerprint density at radius 1 is 1.00 bits per heavy atom. The average Bonchev–Trinajstić information content (AvgIpc) is 3.33. The molecule has 2 aliphatic heterocycles. The number of aromatic nitrogens is 2. The molecule has 0 radical (unpaired) electrons. The third-order valence-electron chi connectivity index (χ3n) is 5.34. The standard InChI is InChI=1S/2C10H14N2.CH4.CH3.I2.HI/c2*1-12-7-3-5-10(12)9-4-2-6-11-8-9;;;1-2;/h2*2,4,6,8,10H,3,5,7H2,1H3;1H4;1H3;;1H/q;;;-1;;/p+1/t10-;;;;;/m0...../s1. The smallest absolute Gasteiger partial charge is 0.115 e. The van der Waals surface area contributed by atoms with E-state index in [2.05, 4.69) is 78.3 Å². The van der Waals surface area contributed by atoms with Crippen LogP contribution in [0.4, 0.5) is 0 Å². The number of rotatable bonds is 2. The molecule has 2 saturated heterocycles. The summed E-state index contributed by atoms with van der Waals surface area (Å²) in [7, 11) is 4.45. The summed E-state index contributed by atoms with van der Waals surface area (Å²) in [6.45, 7) is 2.53. The quantitative estimate of drug-likeness (QED) is 0.315. The molecule has 2 aromatic heterocycles. The Kier molecular flexibility index (Phi) is 19.6. The fourth-order valence-electron chi connectivity index (χ4n) is 3.94. The molecule has 0 aliphatic carbocycles. The van der Waals surface area contributed by atoms with Gasteiger partial charge in [-0.15, -0.1) is 24.0 Å². The Labute approximate surface area is 219 Å². The van der Waals surface area contributed by atoms with Crippen LogP contribution in [-0.4, -0.2) is 42.1 Å². The molecule has 7 heteroatoms. The van der Waals surface area contributed by atoms with Crippen LogP contribution in [0.3, 0.4) is 0 Å². The first-order chi connectivity index (χ1) is 12.8. The van der Waals surface area contributed by atoms with E-state index >= 15 is 0 Å². The average molecular weight is 738 g/mol. The van der Waals surface area contributed by atoms with E-state index in [0.717, 1.165) is 0 Å². The van der Waals surface area contributed by atoms with Gasteiger partial charge >= 0.3 is 0 Å². The Morgan fingerprint density at radius 2 is 1.59 bits per heavy atom. The summed E-state index contributed by atoms with van der Waals surface area (Å²) in [4.78, 5) is 12.3. The van der Waals surface area contributed by atoms with Crippen molar-refractivity contribution in [3.63, 3.8) is 0 Å². The highest BCUT2D eigenvalue weighted by Crippen LogP contribution is 2.29. The summed E-state index contributed by atoms with van der Waals surface area (Å²) in [5.74, 6) is 0. The van der Waals surface area contributed by atoms with Crippen LogP contribution < -0.4 is 4.90 Å². The number of likely N-dealkylation sites (tertiary alicyclic amines) is 2. The topological polar surface area (TPSA) is 33.5 Å². The molecule has 2 aromatic rings. The van der Waals surface area contributed by atoms with Gasteiger partial charge in [0.2, 0.25) is 0 Å². The summed E-state index contributed by atoms with van der Waals surface area (Å²) >= 11 is 4.24. The van der Waals surface area contributed by atoms with Crippen LogP contribution in [0.25, 0.3) is 0 Å². The predicted molar refractivity (Wildman–Crippen MR) is 153 cm³/mol. The second-order valence-electron chi connectivity index (χ2n) is 7.00. The van der Waals surface area contributed by atoms with Crippen molar-refractivity contribution in [2.24, 2.45) is 0 Å². The maximum atomic E-state index is 4.15. The zero-order valence-corrected chi connectivity index (χ0v) is 23.7. The molecule has 4 heterocycles. The molecule has 166 valence electrons. The number of nitrogens with zero attached hydrogens (tertiary/aromatic N) is 3. The highest BCUT2D eigenvalue weighted by Gasteiger charge is 2.26. The Balaban J connectivity index is 0. The third kappa shape index (κ3) is 10.0. The van der Waals surface area contributed by atoms with Gasteiger partial charge in [0.05, 0.1) is 13.6 Å². The van der Waals surface area contributed by atoms with Gasteiger partial charge in [-0.25, -0.2) is 0 Å². The van der Waals surface area contributed by atoms with Gasteiger partial charge in [0.25, 0.3) is 0 Å². The van der Waals surface area contributed by atoms with Gasteiger partial charge in [0.15, 0.2) is 0 Å². The van der Waals surface area contributed by atoms with Crippen molar-refractivity contribution in [3.05, 3.63) is 67.6 Å². The first kappa shape index (κ1) is 31.6. The van der Waals surface area contributed by atoms with Gasteiger partial charge in [-0.1, -0.05) is 19.6 Å². The molecule has 3 atom stereocenters. The summed E-state index contributed by atoms with van der Waals surface area (Å²) in [5, 5.41) is 0. The normalized spacial score (nSPS) is 22.4. The molecule has 2 fully saturated rings. The van der Waals surface area contributed by atoms with E-state index in [1.54, 1.807) is 4.90 Å². The summed E-state index contributed by atoms with van der Waals surface area (Å²) in [6.07, 6.45) is 12.9. The summed E-state index contributed by atoms with van der Waals surface area (Å²) in [6, 6.07) is 9.70. The number of hydrogen-bond acceptors (Lipinski definition) is 3. The second-order valence-corrected chi connectivity index (χ2v) is 7.00. The van der Waals surface area contributed by atoms with Gasteiger partial charge in [-0.05, 0) is 44.1 Å². The predicted octanol–water partition coefficient (Wildman–Crippen LogP) is 5.76. The highest BCUT2D eigenvalue weighted by atomic mass is 128. The molecular formula is C22H37I3N4. The van der Waals surface area contributed by atoms with Gasteiger partial charge in [0.1, 0.15) is 6.04 Å². The lowest BCUT2D eigenvalue weighted by Gasteiger charge is -2.18. The lowest BCUT2D eigenvalue weighted by atomic mass is 10.1. The minimum Gasteiger partial charge on any atom is -0.358 e. The molecule has 2 aliphatic rings. The van der Waals surface area contributed by atoms with E-state index in [4.69, 9.17) is 0 Å². The monoisotopic (exact) mass is 738 g/mol. The van der Waals surface area contributed by atoms with Gasteiger partial charge in [-0.3, -0.25) is 14.9 Å². The number of nitrogens with one attached hydrogen (secondary N) is 1. The molecule has 4 nitrogen and oxygen atoms in total. The molecule has 1 N–H and O–H groups in total. The number of quaternary nitrogens is 1. The maximum absolute atomic E-state index is 4.15. The van der Waals surface area contributed by atoms with Crippen LogP contribution in [0.5, 0.6) is 0 Å². The van der Waals surface area contributed by atoms with Crippen molar-refractivity contribution < 1.29 is 4.90 Å². The first-order valence-corrected chi connectivity index (χ1v) is 15.5. The highest BCUT2D eigenvalue weighted by molar-refractivity contribution is 15.0. The van der Waals surface area contributed by atoms with Crippen molar-refractivity contribution in [1.29, 1.82) is 0 Å². The SMILES string of the molecule is C.CN1CCC[C@H]1c1cccnc1.C[NH+]1CCCC1c1cccnc1.I.II.[CH3-].